The number of nitrogens with zero attached hydrogens (tertiary/aromatic N) is 1. The van der Waals surface area contributed by atoms with Gasteiger partial charge in [-0.3, -0.25) is 19.3 Å². The lowest BCUT2D eigenvalue weighted by Gasteiger charge is -2.24. The van der Waals surface area contributed by atoms with Gasteiger partial charge in [-0.15, -0.1) is 0 Å². The molecule has 0 bridgehead atoms. The molecule has 1 fully saturated rings. The maximum atomic E-state index is 11.9. The molecule has 1 aliphatic heterocycles. The minimum Gasteiger partial charge on any atom is -0.481 e. The zero-order valence-corrected chi connectivity index (χ0v) is 12.6. The van der Waals surface area contributed by atoms with Crippen molar-refractivity contribution in [1.82, 2.24) is 15.5 Å². The molecule has 1 saturated heterocycles. The molecule has 0 spiro atoms. The number of carbonyl (C=O) groups excluding carboxylic acids is 3. The summed E-state index contributed by atoms with van der Waals surface area (Å²) >= 11 is 0. The highest BCUT2D eigenvalue weighted by molar-refractivity contribution is 6.06. The van der Waals surface area contributed by atoms with Gasteiger partial charge in [0.15, 0.2) is 0 Å². The molecule has 0 aromatic carbocycles. The standard InChI is InChI=1S/C13H21N3O5/c1-12(2,7-9(18)19)14-8(17)5-6-16-10(20)13(3,4)15-11(16)21/h5-7H2,1-4H3,(H,14,17)(H,15,21)(H,18,19). The molecule has 3 N–H and O–H groups in total. The Bertz CT molecular complexity index is 484. The summed E-state index contributed by atoms with van der Waals surface area (Å²) in [4.78, 5) is 47.0. The van der Waals surface area contributed by atoms with Gasteiger partial charge in [0, 0.05) is 18.5 Å². The van der Waals surface area contributed by atoms with Crippen molar-refractivity contribution in [1.29, 1.82) is 0 Å². The van der Waals surface area contributed by atoms with E-state index in [-0.39, 0.29) is 25.3 Å². The van der Waals surface area contributed by atoms with Crippen LogP contribution in [0.25, 0.3) is 0 Å². The normalized spacial score (nSPS) is 17.6. The summed E-state index contributed by atoms with van der Waals surface area (Å²) < 4.78 is 0. The van der Waals surface area contributed by atoms with Crippen LogP contribution in [0, 0.1) is 0 Å². The molecule has 0 radical (unpaired) electrons. The summed E-state index contributed by atoms with van der Waals surface area (Å²) in [6, 6.07) is -0.525. The fourth-order valence-electron chi connectivity index (χ4n) is 2.10. The Balaban J connectivity index is 2.53. The van der Waals surface area contributed by atoms with Crippen molar-refractivity contribution < 1.29 is 24.3 Å². The summed E-state index contributed by atoms with van der Waals surface area (Å²) in [7, 11) is 0. The summed E-state index contributed by atoms with van der Waals surface area (Å²) in [6.45, 7) is 6.32. The summed E-state index contributed by atoms with van der Waals surface area (Å²) in [5.74, 6) is -1.81. The lowest BCUT2D eigenvalue weighted by Crippen LogP contribution is -2.46. The average molecular weight is 299 g/mol. The minimum absolute atomic E-state index is 0.0386. The Kier molecular flexibility index (Phi) is 4.60. The van der Waals surface area contributed by atoms with E-state index >= 15 is 0 Å². The van der Waals surface area contributed by atoms with E-state index in [1.807, 2.05) is 0 Å². The van der Waals surface area contributed by atoms with Crippen LogP contribution in [0.4, 0.5) is 4.79 Å². The number of carboxylic acids is 1. The van der Waals surface area contributed by atoms with Crippen LogP contribution >= 0.6 is 0 Å². The molecule has 118 valence electrons. The van der Waals surface area contributed by atoms with Crippen molar-refractivity contribution in [3.8, 4) is 0 Å². The molecule has 8 heteroatoms. The van der Waals surface area contributed by atoms with E-state index in [0.717, 1.165) is 4.90 Å². The molecule has 0 atom stereocenters. The Morgan fingerprint density at radius 1 is 1.33 bits per heavy atom. The van der Waals surface area contributed by atoms with Gasteiger partial charge >= 0.3 is 12.0 Å². The maximum absolute atomic E-state index is 11.9. The number of urea groups is 1. The SMILES string of the molecule is CC(C)(CC(=O)O)NC(=O)CCN1C(=O)NC(C)(C)C1=O. The molecule has 21 heavy (non-hydrogen) atoms. The number of rotatable bonds is 6. The first-order chi connectivity index (χ1) is 9.44. The first-order valence-corrected chi connectivity index (χ1v) is 6.61. The van der Waals surface area contributed by atoms with Gasteiger partial charge in [0.2, 0.25) is 5.91 Å². The van der Waals surface area contributed by atoms with Crippen molar-refractivity contribution in [3.63, 3.8) is 0 Å². The van der Waals surface area contributed by atoms with Crippen LogP contribution in [0.15, 0.2) is 0 Å². The number of carbonyl (C=O) groups is 4. The Morgan fingerprint density at radius 2 is 1.90 bits per heavy atom. The van der Waals surface area contributed by atoms with Crippen LogP contribution < -0.4 is 10.6 Å². The zero-order valence-electron chi connectivity index (χ0n) is 12.6. The lowest BCUT2D eigenvalue weighted by molar-refractivity contribution is -0.138. The molecular weight excluding hydrogens is 278 g/mol. The highest BCUT2D eigenvalue weighted by atomic mass is 16.4. The van der Waals surface area contributed by atoms with Gasteiger partial charge in [0.05, 0.1) is 6.42 Å². The van der Waals surface area contributed by atoms with E-state index < -0.39 is 29.0 Å². The molecule has 0 saturated carbocycles. The molecule has 1 heterocycles. The number of imide groups is 1. The van der Waals surface area contributed by atoms with Gasteiger partial charge in [0.1, 0.15) is 5.54 Å². The van der Waals surface area contributed by atoms with E-state index in [4.69, 9.17) is 5.11 Å². The van der Waals surface area contributed by atoms with Gasteiger partial charge in [-0.2, -0.15) is 0 Å². The van der Waals surface area contributed by atoms with Crippen LogP contribution in [0.2, 0.25) is 0 Å². The first kappa shape index (κ1) is 16.9. The van der Waals surface area contributed by atoms with Crippen molar-refractivity contribution in [2.75, 3.05) is 6.54 Å². The third kappa shape index (κ3) is 4.44. The van der Waals surface area contributed by atoms with E-state index in [9.17, 15) is 19.2 Å². The molecule has 8 nitrogen and oxygen atoms in total. The second kappa shape index (κ2) is 5.71. The van der Waals surface area contributed by atoms with E-state index in [1.165, 1.54) is 0 Å². The Hall–Kier alpha value is -2.12. The number of amides is 4. The van der Waals surface area contributed by atoms with Crippen LogP contribution in [-0.2, 0) is 14.4 Å². The Morgan fingerprint density at radius 3 is 2.33 bits per heavy atom. The van der Waals surface area contributed by atoms with Gasteiger partial charge in [0.25, 0.3) is 5.91 Å². The molecule has 0 aliphatic carbocycles. The van der Waals surface area contributed by atoms with Crippen LogP contribution in [0.3, 0.4) is 0 Å². The predicted octanol–water partition coefficient (Wildman–Crippen LogP) is 0.0764. The van der Waals surface area contributed by atoms with Gasteiger partial charge < -0.3 is 15.7 Å². The molecule has 1 aliphatic rings. The van der Waals surface area contributed by atoms with E-state index in [0.29, 0.717) is 0 Å². The van der Waals surface area contributed by atoms with E-state index in [1.54, 1.807) is 27.7 Å². The number of hydrogen-bond acceptors (Lipinski definition) is 4. The van der Waals surface area contributed by atoms with Crippen molar-refractivity contribution in [2.24, 2.45) is 0 Å². The molecule has 0 aromatic rings. The largest absolute Gasteiger partial charge is 0.481 e. The summed E-state index contributed by atoms with van der Waals surface area (Å²) in [6.07, 6.45) is -0.285. The number of aliphatic carboxylic acids is 1. The monoisotopic (exact) mass is 299 g/mol. The van der Waals surface area contributed by atoms with Crippen molar-refractivity contribution >= 4 is 23.8 Å². The number of nitrogens with one attached hydrogen (secondary N) is 2. The van der Waals surface area contributed by atoms with Crippen LogP contribution in [-0.4, -0.2) is 51.4 Å². The quantitative estimate of drug-likeness (QED) is 0.600. The second-order valence-corrected chi connectivity index (χ2v) is 6.26. The molecule has 1 rings (SSSR count). The zero-order chi connectivity index (χ0) is 16.4. The molecule has 4 amide bonds. The number of hydrogen-bond donors (Lipinski definition) is 3. The fraction of sp³-hybridized carbons (Fsp3) is 0.692. The smallest absolute Gasteiger partial charge is 0.325 e. The Labute approximate surface area is 122 Å². The summed E-state index contributed by atoms with van der Waals surface area (Å²) in [5.41, 5.74) is -1.85. The van der Waals surface area contributed by atoms with Gasteiger partial charge in [-0.1, -0.05) is 0 Å². The van der Waals surface area contributed by atoms with Crippen molar-refractivity contribution in [2.45, 2.75) is 51.6 Å². The highest BCUT2D eigenvalue weighted by Crippen LogP contribution is 2.17. The molecular formula is C13H21N3O5. The van der Waals surface area contributed by atoms with E-state index in [2.05, 4.69) is 10.6 Å². The average Bonchev–Trinajstić information content (AvgIpc) is 2.43. The topological polar surface area (TPSA) is 116 Å². The minimum atomic E-state index is -1.02. The fourth-order valence-corrected chi connectivity index (χ4v) is 2.10. The molecule has 0 unspecified atom stereocenters. The first-order valence-electron chi connectivity index (χ1n) is 6.61. The second-order valence-electron chi connectivity index (χ2n) is 6.26. The van der Waals surface area contributed by atoms with Crippen molar-refractivity contribution in [3.05, 3.63) is 0 Å². The third-order valence-corrected chi connectivity index (χ3v) is 3.08. The van der Waals surface area contributed by atoms with Crippen LogP contribution in [0.1, 0.15) is 40.5 Å². The van der Waals surface area contributed by atoms with Crippen LogP contribution in [0.5, 0.6) is 0 Å². The van der Waals surface area contributed by atoms with Gasteiger partial charge in [-0.05, 0) is 27.7 Å². The highest BCUT2D eigenvalue weighted by Gasteiger charge is 2.44. The maximum Gasteiger partial charge on any atom is 0.325 e. The molecule has 0 aromatic heterocycles. The lowest BCUT2D eigenvalue weighted by atomic mass is 10.0. The third-order valence-electron chi connectivity index (χ3n) is 3.08. The number of carboxylic acid groups (broad SMARTS) is 1. The predicted molar refractivity (Wildman–Crippen MR) is 73.4 cm³/mol. The summed E-state index contributed by atoms with van der Waals surface area (Å²) in [5, 5.41) is 13.8. The van der Waals surface area contributed by atoms with Gasteiger partial charge in [-0.25, -0.2) is 4.79 Å².